The normalized spacial score (nSPS) is 32.4. The first-order valence-electron chi connectivity index (χ1n) is 6.75. The Hall–Kier alpha value is -0.610. The lowest BCUT2D eigenvalue weighted by atomic mass is 9.81. The number of aliphatic hydroxyl groups excluding tert-OH is 1. The minimum atomic E-state index is -0.336. The standard InChI is InChI=1S/C13H24N2O2/c1-12(5-4-8-14-9-12)11(17)15-13(10-16)6-2-3-7-13/h14,16H,2-10H2,1H3,(H,15,17). The van der Waals surface area contributed by atoms with Gasteiger partial charge in [0.2, 0.25) is 5.91 Å². The van der Waals surface area contributed by atoms with Crippen LogP contribution >= 0.6 is 0 Å². The number of carbonyl (C=O) groups excluding carboxylic acids is 1. The molecule has 1 aliphatic heterocycles. The quantitative estimate of drug-likeness (QED) is 0.684. The minimum Gasteiger partial charge on any atom is -0.394 e. The SMILES string of the molecule is CC1(C(=O)NC2(CO)CCCC2)CCCNC1. The Labute approximate surface area is 103 Å². The highest BCUT2D eigenvalue weighted by Gasteiger charge is 2.41. The summed E-state index contributed by atoms with van der Waals surface area (Å²) in [6, 6.07) is 0. The Kier molecular flexibility index (Phi) is 3.73. The molecule has 1 amide bonds. The van der Waals surface area contributed by atoms with E-state index in [-0.39, 0.29) is 23.5 Å². The third kappa shape index (κ3) is 2.63. The van der Waals surface area contributed by atoms with Crippen molar-refractivity contribution in [3.8, 4) is 0 Å². The molecule has 17 heavy (non-hydrogen) atoms. The summed E-state index contributed by atoms with van der Waals surface area (Å²) in [5.74, 6) is 0.112. The third-order valence-corrected chi connectivity index (χ3v) is 4.39. The largest absolute Gasteiger partial charge is 0.394 e. The summed E-state index contributed by atoms with van der Waals surface area (Å²) in [7, 11) is 0. The zero-order chi connectivity index (χ0) is 12.4. The van der Waals surface area contributed by atoms with Crippen LogP contribution < -0.4 is 10.6 Å². The van der Waals surface area contributed by atoms with Crippen molar-refractivity contribution in [1.82, 2.24) is 10.6 Å². The van der Waals surface area contributed by atoms with Crippen molar-refractivity contribution in [3.63, 3.8) is 0 Å². The van der Waals surface area contributed by atoms with Crippen molar-refractivity contribution < 1.29 is 9.90 Å². The van der Waals surface area contributed by atoms with Gasteiger partial charge in [0.1, 0.15) is 0 Å². The van der Waals surface area contributed by atoms with Crippen molar-refractivity contribution in [1.29, 1.82) is 0 Å². The maximum absolute atomic E-state index is 12.4. The molecule has 1 saturated heterocycles. The van der Waals surface area contributed by atoms with Crippen LogP contribution in [0, 0.1) is 5.41 Å². The van der Waals surface area contributed by atoms with Crippen molar-refractivity contribution in [2.45, 2.75) is 51.0 Å². The molecule has 1 heterocycles. The predicted molar refractivity (Wildman–Crippen MR) is 66.6 cm³/mol. The summed E-state index contributed by atoms with van der Waals surface area (Å²) in [6.45, 7) is 3.85. The minimum absolute atomic E-state index is 0.0717. The number of aliphatic hydroxyl groups is 1. The fraction of sp³-hybridized carbons (Fsp3) is 0.923. The van der Waals surface area contributed by atoms with Crippen molar-refractivity contribution >= 4 is 5.91 Å². The number of hydrogen-bond acceptors (Lipinski definition) is 3. The first-order chi connectivity index (χ1) is 8.10. The van der Waals surface area contributed by atoms with Crippen LogP contribution in [0.1, 0.15) is 45.4 Å². The van der Waals surface area contributed by atoms with E-state index in [0.29, 0.717) is 0 Å². The van der Waals surface area contributed by atoms with Crippen LogP contribution in [0.15, 0.2) is 0 Å². The molecule has 1 unspecified atom stereocenters. The Morgan fingerprint density at radius 2 is 2.00 bits per heavy atom. The lowest BCUT2D eigenvalue weighted by Crippen LogP contribution is -2.57. The zero-order valence-corrected chi connectivity index (χ0v) is 10.7. The van der Waals surface area contributed by atoms with Crippen LogP contribution in [0.5, 0.6) is 0 Å². The molecule has 0 aromatic rings. The van der Waals surface area contributed by atoms with E-state index in [0.717, 1.165) is 51.6 Å². The number of carbonyl (C=O) groups is 1. The van der Waals surface area contributed by atoms with E-state index in [4.69, 9.17) is 0 Å². The van der Waals surface area contributed by atoms with E-state index in [1.165, 1.54) is 0 Å². The van der Waals surface area contributed by atoms with Crippen LogP contribution in [-0.2, 0) is 4.79 Å². The second-order valence-electron chi connectivity index (χ2n) is 5.94. The highest BCUT2D eigenvalue weighted by Crippen LogP contribution is 2.32. The first kappa shape index (κ1) is 12.8. The molecule has 0 spiro atoms. The molecule has 98 valence electrons. The van der Waals surface area contributed by atoms with Crippen LogP contribution in [0.25, 0.3) is 0 Å². The van der Waals surface area contributed by atoms with E-state index < -0.39 is 0 Å². The van der Waals surface area contributed by atoms with Gasteiger partial charge >= 0.3 is 0 Å². The molecular formula is C13H24N2O2. The molecule has 0 aromatic carbocycles. The highest BCUT2D eigenvalue weighted by atomic mass is 16.3. The fourth-order valence-corrected chi connectivity index (χ4v) is 3.02. The summed E-state index contributed by atoms with van der Waals surface area (Å²) >= 11 is 0. The van der Waals surface area contributed by atoms with E-state index >= 15 is 0 Å². The summed E-state index contributed by atoms with van der Waals surface area (Å²) in [4.78, 5) is 12.4. The van der Waals surface area contributed by atoms with Gasteiger partial charge in [-0.15, -0.1) is 0 Å². The molecule has 1 aliphatic carbocycles. The molecule has 4 nitrogen and oxygen atoms in total. The van der Waals surface area contributed by atoms with Gasteiger partial charge in [-0.05, 0) is 39.2 Å². The van der Waals surface area contributed by atoms with Crippen LogP contribution in [0.3, 0.4) is 0 Å². The van der Waals surface area contributed by atoms with Gasteiger partial charge in [-0.25, -0.2) is 0 Å². The van der Waals surface area contributed by atoms with Crippen LogP contribution in [0.4, 0.5) is 0 Å². The van der Waals surface area contributed by atoms with Crippen molar-refractivity contribution in [2.24, 2.45) is 5.41 Å². The van der Waals surface area contributed by atoms with Gasteiger partial charge in [-0.1, -0.05) is 12.8 Å². The average molecular weight is 240 g/mol. The topological polar surface area (TPSA) is 61.4 Å². The molecule has 1 saturated carbocycles. The third-order valence-electron chi connectivity index (χ3n) is 4.39. The summed E-state index contributed by atoms with van der Waals surface area (Å²) < 4.78 is 0. The van der Waals surface area contributed by atoms with Gasteiger partial charge in [-0.2, -0.15) is 0 Å². The number of piperidine rings is 1. The molecule has 0 bridgehead atoms. The first-order valence-corrected chi connectivity index (χ1v) is 6.75. The number of rotatable bonds is 3. The van der Waals surface area contributed by atoms with Crippen LogP contribution in [0.2, 0.25) is 0 Å². The van der Waals surface area contributed by atoms with E-state index in [1.807, 2.05) is 6.92 Å². The lowest BCUT2D eigenvalue weighted by molar-refractivity contribution is -0.133. The summed E-state index contributed by atoms with van der Waals surface area (Å²) in [5.41, 5.74) is -0.638. The Morgan fingerprint density at radius 3 is 2.53 bits per heavy atom. The maximum Gasteiger partial charge on any atom is 0.227 e. The predicted octanol–water partition coefficient (Wildman–Crippen LogP) is 0.797. The molecule has 2 fully saturated rings. The number of hydrogen-bond donors (Lipinski definition) is 3. The van der Waals surface area contributed by atoms with Gasteiger partial charge in [-0.3, -0.25) is 4.79 Å². The summed E-state index contributed by atoms with van der Waals surface area (Å²) in [6.07, 6.45) is 6.03. The molecule has 2 rings (SSSR count). The van der Waals surface area contributed by atoms with Gasteiger partial charge in [0.15, 0.2) is 0 Å². The van der Waals surface area contributed by atoms with Gasteiger partial charge < -0.3 is 15.7 Å². The molecule has 2 aliphatic rings. The van der Waals surface area contributed by atoms with Gasteiger partial charge in [0.05, 0.1) is 17.6 Å². The van der Waals surface area contributed by atoms with Gasteiger partial charge in [0, 0.05) is 6.54 Å². The Balaban J connectivity index is 1.99. The summed E-state index contributed by atoms with van der Waals surface area (Å²) in [5, 5.41) is 15.9. The zero-order valence-electron chi connectivity index (χ0n) is 10.7. The second kappa shape index (κ2) is 4.94. The molecule has 4 heteroatoms. The molecule has 3 N–H and O–H groups in total. The molecule has 1 atom stereocenters. The van der Waals surface area contributed by atoms with Crippen molar-refractivity contribution in [3.05, 3.63) is 0 Å². The van der Waals surface area contributed by atoms with E-state index in [9.17, 15) is 9.90 Å². The van der Waals surface area contributed by atoms with E-state index in [2.05, 4.69) is 10.6 Å². The second-order valence-corrected chi connectivity index (χ2v) is 5.94. The van der Waals surface area contributed by atoms with Crippen LogP contribution in [-0.4, -0.2) is 36.2 Å². The van der Waals surface area contributed by atoms with Crippen molar-refractivity contribution in [2.75, 3.05) is 19.7 Å². The monoisotopic (exact) mass is 240 g/mol. The smallest absolute Gasteiger partial charge is 0.227 e. The molecule has 0 radical (unpaired) electrons. The Bertz CT molecular complexity index is 279. The molecule has 0 aromatic heterocycles. The van der Waals surface area contributed by atoms with Gasteiger partial charge in [0.25, 0.3) is 0 Å². The fourth-order valence-electron chi connectivity index (χ4n) is 3.02. The maximum atomic E-state index is 12.4. The average Bonchev–Trinajstić information content (AvgIpc) is 2.79. The number of amides is 1. The molecular weight excluding hydrogens is 216 g/mol. The lowest BCUT2D eigenvalue weighted by Gasteiger charge is -2.37. The Morgan fingerprint density at radius 1 is 1.29 bits per heavy atom. The number of nitrogens with one attached hydrogen (secondary N) is 2. The van der Waals surface area contributed by atoms with E-state index in [1.54, 1.807) is 0 Å². The highest BCUT2D eigenvalue weighted by molar-refractivity contribution is 5.83.